The van der Waals surface area contributed by atoms with Crippen LogP contribution in [0.4, 0.5) is 0 Å². The van der Waals surface area contributed by atoms with Crippen molar-refractivity contribution in [2.75, 3.05) is 0 Å². The predicted molar refractivity (Wildman–Crippen MR) is 86.9 cm³/mol. The summed E-state index contributed by atoms with van der Waals surface area (Å²) in [6.07, 6.45) is 12.4. The summed E-state index contributed by atoms with van der Waals surface area (Å²) in [7, 11) is 0. The van der Waals surface area contributed by atoms with E-state index in [-0.39, 0.29) is 11.5 Å². The van der Waals surface area contributed by atoms with Crippen LogP contribution in [0.25, 0.3) is 0 Å². The molecule has 8 atom stereocenters. The van der Waals surface area contributed by atoms with Crippen molar-refractivity contribution in [1.82, 2.24) is 0 Å². The maximum atomic E-state index is 10.5. The second-order valence-electron chi connectivity index (χ2n) is 9.49. The first kappa shape index (κ1) is 14.5. The molecule has 0 aromatic rings. The molecule has 0 bridgehead atoms. The first-order valence-electron chi connectivity index (χ1n) is 9.66. The third-order valence-corrected chi connectivity index (χ3v) is 9.17. The quantitative estimate of drug-likeness (QED) is 0.663. The van der Waals surface area contributed by atoms with Gasteiger partial charge in [0.05, 0.1) is 6.10 Å². The second-order valence-corrected chi connectivity index (χ2v) is 9.49. The Kier molecular flexibility index (Phi) is 3.27. The molecule has 1 nitrogen and oxygen atoms in total. The molecule has 4 aliphatic carbocycles. The van der Waals surface area contributed by atoms with Crippen LogP contribution in [0.3, 0.4) is 0 Å². The standard InChI is InChI=1S/C20H34O/c1-13-5-4-6-14-7-8-15-16-9-10-18(21)19(16,2)12-11-17(15)20(13,14)3/h13-18,21H,4-12H2,1-3H3/t13-,14-,15+,16+,17+,18+,19+,20+/m1/s1. The van der Waals surface area contributed by atoms with Crippen molar-refractivity contribution in [2.45, 2.75) is 84.7 Å². The lowest BCUT2D eigenvalue weighted by molar-refractivity contribution is -0.140. The van der Waals surface area contributed by atoms with Crippen LogP contribution in [-0.4, -0.2) is 11.2 Å². The van der Waals surface area contributed by atoms with Crippen LogP contribution in [0.5, 0.6) is 0 Å². The predicted octanol–water partition coefficient (Wildman–Crippen LogP) is 5.03. The third kappa shape index (κ3) is 1.79. The Hall–Kier alpha value is -0.0400. The number of rotatable bonds is 0. The van der Waals surface area contributed by atoms with Crippen LogP contribution in [0, 0.1) is 40.4 Å². The smallest absolute Gasteiger partial charge is 0.0596 e. The fourth-order valence-electron chi connectivity index (χ4n) is 7.65. The number of aliphatic hydroxyl groups excluding tert-OH is 1. The van der Waals surface area contributed by atoms with Crippen LogP contribution in [0.2, 0.25) is 0 Å². The van der Waals surface area contributed by atoms with Gasteiger partial charge in [-0.05, 0) is 85.4 Å². The van der Waals surface area contributed by atoms with Crippen molar-refractivity contribution in [3.63, 3.8) is 0 Å². The monoisotopic (exact) mass is 290 g/mol. The van der Waals surface area contributed by atoms with E-state index in [1.807, 2.05) is 0 Å². The topological polar surface area (TPSA) is 20.2 Å². The molecule has 0 heterocycles. The highest BCUT2D eigenvalue weighted by atomic mass is 16.3. The molecule has 21 heavy (non-hydrogen) atoms. The van der Waals surface area contributed by atoms with Gasteiger partial charge in [-0.2, -0.15) is 0 Å². The minimum Gasteiger partial charge on any atom is -0.393 e. The average molecular weight is 290 g/mol. The van der Waals surface area contributed by atoms with E-state index in [1.165, 1.54) is 51.4 Å². The van der Waals surface area contributed by atoms with Gasteiger partial charge in [0.25, 0.3) is 0 Å². The fraction of sp³-hybridized carbons (Fsp3) is 1.00. The summed E-state index contributed by atoms with van der Waals surface area (Å²) < 4.78 is 0. The lowest BCUT2D eigenvalue weighted by atomic mass is 9.43. The Bertz CT molecular complexity index is 418. The Morgan fingerprint density at radius 1 is 0.857 bits per heavy atom. The minimum atomic E-state index is -0.0160. The van der Waals surface area contributed by atoms with E-state index in [4.69, 9.17) is 0 Å². The van der Waals surface area contributed by atoms with E-state index in [9.17, 15) is 5.11 Å². The zero-order chi connectivity index (χ0) is 14.8. The zero-order valence-electron chi connectivity index (χ0n) is 14.3. The van der Waals surface area contributed by atoms with E-state index < -0.39 is 0 Å². The van der Waals surface area contributed by atoms with Gasteiger partial charge in [0, 0.05) is 0 Å². The van der Waals surface area contributed by atoms with Gasteiger partial charge in [0.2, 0.25) is 0 Å². The molecule has 1 heteroatoms. The van der Waals surface area contributed by atoms with Gasteiger partial charge in [-0.25, -0.2) is 0 Å². The summed E-state index contributed by atoms with van der Waals surface area (Å²) in [5.41, 5.74) is 0.859. The van der Waals surface area contributed by atoms with E-state index in [1.54, 1.807) is 0 Å². The molecule has 0 aliphatic heterocycles. The molecular formula is C20H34O. The summed E-state index contributed by atoms with van der Waals surface area (Å²) >= 11 is 0. The minimum absolute atomic E-state index is 0.0160. The van der Waals surface area contributed by atoms with Crippen molar-refractivity contribution in [1.29, 1.82) is 0 Å². The Morgan fingerprint density at radius 3 is 2.48 bits per heavy atom. The Morgan fingerprint density at radius 2 is 1.67 bits per heavy atom. The van der Waals surface area contributed by atoms with Crippen molar-refractivity contribution >= 4 is 0 Å². The highest BCUT2D eigenvalue weighted by Crippen LogP contribution is 2.67. The van der Waals surface area contributed by atoms with Crippen molar-refractivity contribution in [2.24, 2.45) is 40.4 Å². The molecule has 0 saturated heterocycles. The highest BCUT2D eigenvalue weighted by Gasteiger charge is 2.60. The Labute approximate surface area is 130 Å². The number of hydrogen-bond donors (Lipinski definition) is 1. The highest BCUT2D eigenvalue weighted by molar-refractivity contribution is 5.09. The normalized spacial score (nSPS) is 60.0. The first-order chi connectivity index (χ1) is 9.98. The molecule has 4 rings (SSSR count). The van der Waals surface area contributed by atoms with Crippen LogP contribution in [-0.2, 0) is 0 Å². The number of aliphatic hydroxyl groups is 1. The molecule has 120 valence electrons. The van der Waals surface area contributed by atoms with Crippen molar-refractivity contribution in [3.05, 3.63) is 0 Å². The summed E-state index contributed by atoms with van der Waals surface area (Å²) in [5.74, 6) is 4.61. The molecule has 0 radical (unpaired) electrons. The average Bonchev–Trinajstić information content (AvgIpc) is 2.76. The molecule has 0 amide bonds. The maximum absolute atomic E-state index is 10.5. The summed E-state index contributed by atoms with van der Waals surface area (Å²) in [6, 6.07) is 0. The number of hydrogen-bond acceptors (Lipinski definition) is 1. The molecule has 4 aliphatic rings. The van der Waals surface area contributed by atoms with Crippen LogP contribution >= 0.6 is 0 Å². The lowest BCUT2D eigenvalue weighted by Crippen LogP contribution is -2.55. The summed E-state index contributed by atoms with van der Waals surface area (Å²) in [6.45, 7) is 7.61. The summed E-state index contributed by atoms with van der Waals surface area (Å²) in [4.78, 5) is 0. The molecule has 0 unspecified atom stereocenters. The lowest BCUT2D eigenvalue weighted by Gasteiger charge is -2.62. The van der Waals surface area contributed by atoms with Gasteiger partial charge in [-0.15, -0.1) is 0 Å². The van der Waals surface area contributed by atoms with Crippen LogP contribution in [0.1, 0.15) is 78.6 Å². The second kappa shape index (κ2) is 4.73. The van der Waals surface area contributed by atoms with Crippen molar-refractivity contribution < 1.29 is 5.11 Å². The van der Waals surface area contributed by atoms with Crippen molar-refractivity contribution in [3.8, 4) is 0 Å². The van der Waals surface area contributed by atoms with E-state index >= 15 is 0 Å². The molecule has 0 aromatic heterocycles. The van der Waals surface area contributed by atoms with Gasteiger partial charge < -0.3 is 5.11 Å². The molecule has 0 aromatic carbocycles. The first-order valence-corrected chi connectivity index (χ1v) is 9.66. The largest absolute Gasteiger partial charge is 0.393 e. The van der Waals surface area contributed by atoms with E-state index in [0.717, 1.165) is 36.0 Å². The van der Waals surface area contributed by atoms with Gasteiger partial charge >= 0.3 is 0 Å². The molecule has 1 N–H and O–H groups in total. The van der Waals surface area contributed by atoms with Crippen LogP contribution < -0.4 is 0 Å². The van der Waals surface area contributed by atoms with Gasteiger partial charge in [0.15, 0.2) is 0 Å². The SMILES string of the molecule is C[C@@H]1CCC[C@@H]2CC[C@H]3[C@@H]4CC[C@H](O)[C@@]4(C)CC[C@@H]3[C@]21C. The third-order valence-electron chi connectivity index (χ3n) is 9.17. The molecular weight excluding hydrogens is 256 g/mol. The fourth-order valence-corrected chi connectivity index (χ4v) is 7.65. The van der Waals surface area contributed by atoms with Crippen LogP contribution in [0.15, 0.2) is 0 Å². The van der Waals surface area contributed by atoms with E-state index in [0.29, 0.717) is 5.41 Å². The molecule has 4 saturated carbocycles. The maximum Gasteiger partial charge on any atom is 0.0596 e. The van der Waals surface area contributed by atoms with Gasteiger partial charge in [-0.1, -0.05) is 33.6 Å². The van der Waals surface area contributed by atoms with Gasteiger partial charge in [-0.3, -0.25) is 0 Å². The molecule has 4 fully saturated rings. The zero-order valence-corrected chi connectivity index (χ0v) is 14.3. The van der Waals surface area contributed by atoms with Gasteiger partial charge in [0.1, 0.15) is 0 Å². The van der Waals surface area contributed by atoms with E-state index in [2.05, 4.69) is 20.8 Å². The summed E-state index contributed by atoms with van der Waals surface area (Å²) in [5, 5.41) is 10.5. The number of fused-ring (bicyclic) bond motifs is 5. The Balaban J connectivity index is 1.67. The molecule has 0 spiro atoms.